The summed E-state index contributed by atoms with van der Waals surface area (Å²) in [6.45, 7) is 2.55. The first kappa shape index (κ1) is 12.5. The fourth-order valence-corrected chi connectivity index (χ4v) is 3.17. The van der Waals surface area contributed by atoms with Crippen molar-refractivity contribution in [3.63, 3.8) is 0 Å². The average Bonchev–Trinajstić information content (AvgIpc) is 3.10. The van der Waals surface area contributed by atoms with Gasteiger partial charge < -0.3 is 4.42 Å². The average molecular weight is 291 g/mol. The van der Waals surface area contributed by atoms with Crippen molar-refractivity contribution in [3.8, 4) is 0 Å². The molecule has 3 rings (SSSR count). The van der Waals surface area contributed by atoms with Crippen LogP contribution in [-0.2, 0) is 19.6 Å². The van der Waals surface area contributed by atoms with Gasteiger partial charge in [-0.2, -0.15) is 0 Å². The van der Waals surface area contributed by atoms with E-state index in [0.717, 1.165) is 25.4 Å². The van der Waals surface area contributed by atoms with Crippen LogP contribution >= 0.6 is 22.9 Å². The Morgan fingerprint density at radius 1 is 1.11 bits per heavy atom. The van der Waals surface area contributed by atoms with Gasteiger partial charge in [0.1, 0.15) is 5.76 Å². The SMILES string of the molecule is c1coc(CN(Cc2cccs2)Cc2cnns2)c1. The van der Waals surface area contributed by atoms with E-state index in [0.29, 0.717) is 0 Å². The maximum Gasteiger partial charge on any atom is 0.117 e. The lowest BCUT2D eigenvalue weighted by Crippen LogP contribution is -2.21. The Hall–Kier alpha value is -1.50. The summed E-state index contributed by atoms with van der Waals surface area (Å²) >= 11 is 3.22. The van der Waals surface area contributed by atoms with E-state index in [1.54, 1.807) is 17.6 Å². The zero-order chi connectivity index (χ0) is 12.9. The molecule has 3 aromatic rings. The molecule has 0 aliphatic heterocycles. The molecule has 0 amide bonds. The zero-order valence-corrected chi connectivity index (χ0v) is 11.9. The molecule has 0 radical (unpaired) electrons. The monoisotopic (exact) mass is 291 g/mol. The molecule has 0 fully saturated rings. The van der Waals surface area contributed by atoms with Crippen LogP contribution < -0.4 is 0 Å². The van der Waals surface area contributed by atoms with Crippen molar-refractivity contribution in [2.45, 2.75) is 19.6 Å². The summed E-state index contributed by atoms with van der Waals surface area (Å²) in [6.07, 6.45) is 3.54. The van der Waals surface area contributed by atoms with E-state index < -0.39 is 0 Å². The van der Waals surface area contributed by atoms with Crippen molar-refractivity contribution in [1.29, 1.82) is 0 Å². The van der Waals surface area contributed by atoms with Gasteiger partial charge in [0, 0.05) is 18.0 Å². The molecule has 4 nitrogen and oxygen atoms in total. The summed E-state index contributed by atoms with van der Waals surface area (Å²) in [5, 5.41) is 6.00. The van der Waals surface area contributed by atoms with Gasteiger partial charge in [0.25, 0.3) is 0 Å². The van der Waals surface area contributed by atoms with Gasteiger partial charge in [-0.1, -0.05) is 10.6 Å². The molecule has 0 unspecified atom stereocenters. The molecule has 19 heavy (non-hydrogen) atoms. The number of rotatable bonds is 6. The van der Waals surface area contributed by atoms with Crippen molar-refractivity contribution in [3.05, 3.63) is 57.6 Å². The van der Waals surface area contributed by atoms with Crippen LogP contribution in [0, 0.1) is 0 Å². The van der Waals surface area contributed by atoms with Crippen LogP contribution in [-0.4, -0.2) is 14.5 Å². The highest BCUT2D eigenvalue weighted by atomic mass is 32.1. The second kappa shape index (κ2) is 6.10. The fourth-order valence-electron chi connectivity index (χ4n) is 1.89. The lowest BCUT2D eigenvalue weighted by atomic mass is 10.3. The van der Waals surface area contributed by atoms with Gasteiger partial charge in [-0.25, -0.2) is 0 Å². The largest absolute Gasteiger partial charge is 0.468 e. The van der Waals surface area contributed by atoms with E-state index in [9.17, 15) is 0 Å². The molecule has 0 N–H and O–H groups in total. The number of hydrogen-bond acceptors (Lipinski definition) is 6. The first-order valence-corrected chi connectivity index (χ1v) is 7.59. The molecule has 0 saturated carbocycles. The van der Waals surface area contributed by atoms with Gasteiger partial charge >= 0.3 is 0 Å². The quantitative estimate of drug-likeness (QED) is 0.698. The minimum atomic E-state index is 0.794. The number of aromatic nitrogens is 2. The highest BCUT2D eigenvalue weighted by Crippen LogP contribution is 2.18. The molecular formula is C13H13N3OS2. The first-order valence-electron chi connectivity index (χ1n) is 5.93. The molecule has 0 aliphatic carbocycles. The van der Waals surface area contributed by atoms with Crippen LogP contribution in [0.2, 0.25) is 0 Å². The molecule has 0 spiro atoms. The van der Waals surface area contributed by atoms with Gasteiger partial charge in [-0.15, -0.1) is 16.4 Å². The standard InChI is InChI=1S/C13H13N3OS2/c1-3-11(17-5-1)8-16(9-12-4-2-6-18-12)10-13-7-14-15-19-13/h1-7H,8-10H2. The highest BCUT2D eigenvalue weighted by Gasteiger charge is 2.11. The summed E-state index contributed by atoms with van der Waals surface area (Å²) in [7, 11) is 0. The van der Waals surface area contributed by atoms with E-state index in [2.05, 4.69) is 32.0 Å². The molecule has 0 saturated heterocycles. The third-order valence-corrected chi connectivity index (χ3v) is 4.21. The van der Waals surface area contributed by atoms with Crippen LogP contribution in [0.3, 0.4) is 0 Å². The Morgan fingerprint density at radius 2 is 2.05 bits per heavy atom. The molecule has 0 bridgehead atoms. The first-order chi connectivity index (χ1) is 9.40. The molecule has 6 heteroatoms. The normalized spacial score (nSPS) is 11.2. The van der Waals surface area contributed by atoms with E-state index in [4.69, 9.17) is 4.42 Å². The van der Waals surface area contributed by atoms with Crippen LogP contribution in [0.15, 0.2) is 46.5 Å². The fraction of sp³-hybridized carbons (Fsp3) is 0.231. The molecule has 0 aromatic carbocycles. The lowest BCUT2D eigenvalue weighted by Gasteiger charge is -2.19. The van der Waals surface area contributed by atoms with Crippen LogP contribution in [0.25, 0.3) is 0 Å². The molecule has 98 valence electrons. The second-order valence-corrected chi connectivity index (χ2v) is 6.09. The molecule has 0 aliphatic rings. The number of hydrogen-bond donors (Lipinski definition) is 0. The summed E-state index contributed by atoms with van der Waals surface area (Å²) in [4.78, 5) is 4.85. The Labute approximate surface area is 119 Å². The molecule has 3 heterocycles. The third kappa shape index (κ3) is 3.50. The van der Waals surface area contributed by atoms with Gasteiger partial charge in [0.05, 0.1) is 23.9 Å². The van der Waals surface area contributed by atoms with E-state index >= 15 is 0 Å². The Bertz CT molecular complexity index is 489. The highest BCUT2D eigenvalue weighted by molar-refractivity contribution is 7.09. The van der Waals surface area contributed by atoms with Gasteiger partial charge in [-0.05, 0) is 35.1 Å². The maximum atomic E-state index is 5.44. The minimum absolute atomic E-state index is 0.794. The summed E-state index contributed by atoms with van der Waals surface area (Å²) in [5.41, 5.74) is 0. The lowest BCUT2D eigenvalue weighted by molar-refractivity contribution is 0.230. The van der Waals surface area contributed by atoms with Gasteiger partial charge in [-0.3, -0.25) is 4.90 Å². The third-order valence-electron chi connectivity index (χ3n) is 2.71. The van der Waals surface area contributed by atoms with E-state index in [1.165, 1.54) is 21.3 Å². The predicted octanol–water partition coefficient (Wildman–Crippen LogP) is 3.40. The van der Waals surface area contributed by atoms with Crippen molar-refractivity contribution in [1.82, 2.24) is 14.5 Å². The van der Waals surface area contributed by atoms with Crippen LogP contribution in [0.5, 0.6) is 0 Å². The van der Waals surface area contributed by atoms with Crippen molar-refractivity contribution >= 4 is 22.9 Å². The van der Waals surface area contributed by atoms with Crippen molar-refractivity contribution in [2.75, 3.05) is 0 Å². The van der Waals surface area contributed by atoms with Crippen LogP contribution in [0.1, 0.15) is 15.5 Å². The second-order valence-electron chi connectivity index (χ2n) is 4.19. The summed E-state index contributed by atoms with van der Waals surface area (Å²) < 4.78 is 9.35. The van der Waals surface area contributed by atoms with Crippen molar-refractivity contribution in [2.24, 2.45) is 0 Å². The predicted molar refractivity (Wildman–Crippen MR) is 75.9 cm³/mol. The minimum Gasteiger partial charge on any atom is -0.468 e. The smallest absolute Gasteiger partial charge is 0.117 e. The number of furan rings is 1. The van der Waals surface area contributed by atoms with Gasteiger partial charge in [0.2, 0.25) is 0 Å². The van der Waals surface area contributed by atoms with Gasteiger partial charge in [0.15, 0.2) is 0 Å². The van der Waals surface area contributed by atoms with Crippen LogP contribution in [0.4, 0.5) is 0 Å². The maximum absolute atomic E-state index is 5.44. The Balaban J connectivity index is 1.70. The number of thiophene rings is 1. The molecular weight excluding hydrogens is 278 g/mol. The Morgan fingerprint density at radius 3 is 2.74 bits per heavy atom. The summed E-state index contributed by atoms with van der Waals surface area (Å²) in [5.74, 6) is 0.981. The van der Waals surface area contributed by atoms with E-state index in [1.807, 2.05) is 18.3 Å². The van der Waals surface area contributed by atoms with Crippen molar-refractivity contribution < 1.29 is 4.42 Å². The topological polar surface area (TPSA) is 42.2 Å². The number of nitrogens with zero attached hydrogens (tertiary/aromatic N) is 3. The zero-order valence-electron chi connectivity index (χ0n) is 10.2. The molecule has 0 atom stereocenters. The Kier molecular flexibility index (Phi) is 4.02. The van der Waals surface area contributed by atoms with E-state index in [-0.39, 0.29) is 0 Å². The summed E-state index contributed by atoms with van der Waals surface area (Å²) in [6, 6.07) is 8.17. The molecule has 3 aromatic heterocycles.